The number of halogens is 2. The SMILES string of the molecule is C.NCCCC[C@H]1CNCCNCCNCCNCCN1.[Cl][Mn][Cl]. The summed E-state index contributed by atoms with van der Waals surface area (Å²) in [5, 5.41) is 17.5. The van der Waals surface area contributed by atoms with Gasteiger partial charge in [-0.3, -0.25) is 0 Å². The van der Waals surface area contributed by atoms with Gasteiger partial charge in [0, 0.05) is 64.9 Å². The normalized spacial score (nSPS) is 21.4. The van der Waals surface area contributed by atoms with Crippen molar-refractivity contribution in [1.29, 1.82) is 0 Å². The molecule has 1 rings (SSSR count). The Labute approximate surface area is 163 Å². The zero-order chi connectivity index (χ0) is 17.0. The van der Waals surface area contributed by atoms with Gasteiger partial charge in [0.2, 0.25) is 0 Å². The molecule has 1 aliphatic heterocycles. The van der Waals surface area contributed by atoms with Crippen LogP contribution in [0.2, 0.25) is 0 Å². The molecule has 24 heavy (non-hydrogen) atoms. The Bertz CT molecular complexity index is 214. The van der Waals surface area contributed by atoms with E-state index in [9.17, 15) is 0 Å². The van der Waals surface area contributed by atoms with Crippen molar-refractivity contribution in [3.63, 3.8) is 0 Å². The molecule has 0 amide bonds. The second kappa shape index (κ2) is 23.9. The number of hydrogen-bond donors (Lipinski definition) is 6. The molecule has 0 bridgehead atoms. The topological polar surface area (TPSA) is 86.2 Å². The molecule has 0 saturated carbocycles. The van der Waals surface area contributed by atoms with Crippen LogP contribution in [0, 0.1) is 0 Å². The summed E-state index contributed by atoms with van der Waals surface area (Å²) < 4.78 is 0. The minimum absolute atomic E-state index is 0. The molecule has 0 spiro atoms. The van der Waals surface area contributed by atoms with Gasteiger partial charge < -0.3 is 32.3 Å². The first-order chi connectivity index (χ1) is 11.3. The molecular formula is C15H38Cl2MnN6. The molecule has 9 heteroatoms. The first-order valence-corrected chi connectivity index (χ1v) is 11.7. The van der Waals surface area contributed by atoms with Crippen LogP contribution in [0.4, 0.5) is 0 Å². The molecule has 1 heterocycles. The van der Waals surface area contributed by atoms with Crippen LogP contribution in [-0.4, -0.2) is 71.5 Å². The van der Waals surface area contributed by atoms with Gasteiger partial charge in [-0.05, 0) is 19.4 Å². The average molecular weight is 428 g/mol. The zero-order valence-electron chi connectivity index (χ0n) is 14.0. The van der Waals surface area contributed by atoms with E-state index in [1.807, 2.05) is 0 Å². The molecule has 0 radical (unpaired) electrons. The van der Waals surface area contributed by atoms with Crippen LogP contribution in [0.3, 0.4) is 0 Å². The maximum absolute atomic E-state index is 5.57. The summed E-state index contributed by atoms with van der Waals surface area (Å²) >= 11 is 0.00694. The quantitative estimate of drug-likeness (QED) is 0.288. The fourth-order valence-corrected chi connectivity index (χ4v) is 2.36. The van der Waals surface area contributed by atoms with E-state index in [4.69, 9.17) is 25.9 Å². The van der Waals surface area contributed by atoms with E-state index in [0.29, 0.717) is 6.04 Å². The van der Waals surface area contributed by atoms with Gasteiger partial charge in [0.05, 0.1) is 0 Å². The Morgan fingerprint density at radius 1 is 0.792 bits per heavy atom. The van der Waals surface area contributed by atoms with Gasteiger partial charge in [-0.15, -0.1) is 0 Å². The first kappa shape index (κ1) is 27.1. The second-order valence-corrected chi connectivity index (χ2v) is 7.39. The number of rotatable bonds is 4. The Morgan fingerprint density at radius 3 is 1.75 bits per heavy atom. The van der Waals surface area contributed by atoms with Crippen molar-refractivity contribution in [2.24, 2.45) is 5.73 Å². The predicted octanol–water partition coefficient (Wildman–Crippen LogP) is 0.458. The van der Waals surface area contributed by atoms with E-state index in [-0.39, 0.29) is 20.6 Å². The molecule has 0 aromatic carbocycles. The summed E-state index contributed by atoms with van der Waals surface area (Å²) in [4.78, 5) is 0. The number of nitrogens with one attached hydrogen (secondary N) is 5. The molecule has 0 unspecified atom stereocenters. The van der Waals surface area contributed by atoms with Crippen LogP contribution in [0.1, 0.15) is 26.7 Å². The van der Waals surface area contributed by atoms with Gasteiger partial charge in [-0.25, -0.2) is 0 Å². The molecule has 7 N–H and O–H groups in total. The average Bonchev–Trinajstić information content (AvgIpc) is 2.55. The minimum atomic E-state index is 0. The number of unbranched alkanes of at least 4 members (excludes halogenated alkanes) is 1. The molecule has 0 aromatic rings. The van der Waals surface area contributed by atoms with Gasteiger partial charge in [-0.1, -0.05) is 13.8 Å². The van der Waals surface area contributed by atoms with Gasteiger partial charge >= 0.3 is 33.3 Å². The molecular weight excluding hydrogens is 390 g/mol. The van der Waals surface area contributed by atoms with E-state index >= 15 is 0 Å². The van der Waals surface area contributed by atoms with Crippen LogP contribution in [0.15, 0.2) is 0 Å². The Morgan fingerprint density at radius 2 is 1.25 bits per heavy atom. The summed E-state index contributed by atoms with van der Waals surface area (Å²) in [5.74, 6) is 0. The fraction of sp³-hybridized carbons (Fsp3) is 1.00. The van der Waals surface area contributed by atoms with Crippen molar-refractivity contribution < 1.29 is 13.1 Å². The maximum atomic E-state index is 5.57. The van der Waals surface area contributed by atoms with Crippen LogP contribution < -0.4 is 32.3 Å². The monoisotopic (exact) mass is 427 g/mol. The summed E-state index contributed by atoms with van der Waals surface area (Å²) in [6.07, 6.45) is 3.55. The third-order valence-electron chi connectivity index (χ3n) is 3.57. The van der Waals surface area contributed by atoms with E-state index in [1.54, 1.807) is 0 Å². The molecule has 0 aliphatic carbocycles. The molecule has 1 atom stereocenters. The molecule has 1 aliphatic rings. The van der Waals surface area contributed by atoms with Gasteiger partial charge in [0.1, 0.15) is 0 Å². The third kappa shape index (κ3) is 20.9. The van der Waals surface area contributed by atoms with Gasteiger partial charge in [0.15, 0.2) is 0 Å². The number of nitrogens with two attached hydrogens (primary N) is 1. The van der Waals surface area contributed by atoms with Crippen molar-refractivity contribution >= 4 is 20.2 Å². The summed E-state index contributed by atoms with van der Waals surface area (Å²) in [5.41, 5.74) is 5.57. The van der Waals surface area contributed by atoms with Gasteiger partial charge in [-0.2, -0.15) is 0 Å². The molecule has 1 fully saturated rings. The summed E-state index contributed by atoms with van der Waals surface area (Å²) in [6.45, 7) is 10.2. The van der Waals surface area contributed by atoms with Crippen molar-refractivity contribution in [2.45, 2.75) is 32.7 Å². The van der Waals surface area contributed by atoms with Crippen molar-refractivity contribution in [3.05, 3.63) is 0 Å². The summed E-state index contributed by atoms with van der Waals surface area (Å²) in [7, 11) is 9.59. The Kier molecular flexibility index (Phi) is 26.9. The van der Waals surface area contributed by atoms with E-state index in [2.05, 4.69) is 26.6 Å². The van der Waals surface area contributed by atoms with Crippen LogP contribution >= 0.6 is 20.2 Å². The van der Waals surface area contributed by atoms with Crippen LogP contribution in [0.25, 0.3) is 0 Å². The fourth-order valence-electron chi connectivity index (χ4n) is 2.36. The third-order valence-corrected chi connectivity index (χ3v) is 3.57. The molecule has 149 valence electrons. The predicted molar refractivity (Wildman–Crippen MR) is 105 cm³/mol. The molecule has 0 aromatic heterocycles. The van der Waals surface area contributed by atoms with E-state index < -0.39 is 0 Å². The molecule has 1 saturated heterocycles. The standard InChI is InChI=1S/C14H34N6.CH4.2ClH.Mn/c15-4-2-1-3-14-13-19-10-9-17-6-5-16-7-8-18-11-12-20-14;;;;/h14,16-20H,1-13,15H2;1H4;2*1H;/q;;;;+2/p-2/t14-;;;;/m0..../s1. The van der Waals surface area contributed by atoms with Crippen molar-refractivity contribution in [3.8, 4) is 0 Å². The Balaban J connectivity index is 0. The van der Waals surface area contributed by atoms with E-state index in [0.717, 1.165) is 71.9 Å². The Hall–Kier alpha value is 0.859. The zero-order valence-corrected chi connectivity index (χ0v) is 16.7. The van der Waals surface area contributed by atoms with E-state index in [1.165, 1.54) is 12.8 Å². The van der Waals surface area contributed by atoms with Gasteiger partial charge in [0.25, 0.3) is 0 Å². The molecule has 6 nitrogen and oxygen atoms in total. The van der Waals surface area contributed by atoms with Crippen molar-refractivity contribution in [2.75, 3.05) is 65.4 Å². The van der Waals surface area contributed by atoms with Crippen LogP contribution in [0.5, 0.6) is 0 Å². The van der Waals surface area contributed by atoms with Crippen LogP contribution in [-0.2, 0) is 13.1 Å². The number of hydrogen-bond acceptors (Lipinski definition) is 6. The first-order valence-electron chi connectivity index (χ1n) is 8.48. The summed E-state index contributed by atoms with van der Waals surface area (Å²) in [6, 6.07) is 0.562. The van der Waals surface area contributed by atoms with Crippen molar-refractivity contribution in [1.82, 2.24) is 26.6 Å². The second-order valence-electron chi connectivity index (χ2n) is 5.44.